The number of carbonyl (C=O) groups excluding carboxylic acids is 1. The zero-order valence-corrected chi connectivity index (χ0v) is 21.4. The fraction of sp³-hybridized carbons (Fsp3) is 0.440. The number of halogens is 2. The van der Waals surface area contributed by atoms with Crippen LogP contribution in [0.1, 0.15) is 38.1 Å². The van der Waals surface area contributed by atoms with Crippen molar-refractivity contribution in [2.24, 2.45) is 0 Å². The van der Waals surface area contributed by atoms with Crippen LogP contribution in [0.15, 0.2) is 30.6 Å². The Kier molecular flexibility index (Phi) is 6.84. The molecule has 0 aliphatic carbocycles. The van der Waals surface area contributed by atoms with Crippen molar-refractivity contribution in [2.45, 2.75) is 52.3 Å². The van der Waals surface area contributed by atoms with Crippen molar-refractivity contribution in [2.75, 3.05) is 24.5 Å². The van der Waals surface area contributed by atoms with Crippen LogP contribution in [-0.2, 0) is 24.3 Å². The summed E-state index contributed by atoms with van der Waals surface area (Å²) in [4.78, 5) is 26.2. The first-order valence-electron chi connectivity index (χ1n) is 12.0. The predicted molar refractivity (Wildman–Crippen MR) is 136 cm³/mol. The van der Waals surface area contributed by atoms with Gasteiger partial charge in [-0.3, -0.25) is 9.48 Å². The molecule has 10 heteroatoms. The summed E-state index contributed by atoms with van der Waals surface area (Å²) in [6.45, 7) is 7.15. The number of ether oxygens (including phenoxy) is 1. The van der Waals surface area contributed by atoms with Gasteiger partial charge >= 0.3 is 0 Å². The van der Waals surface area contributed by atoms with E-state index >= 15 is 0 Å². The van der Waals surface area contributed by atoms with Crippen LogP contribution >= 0.6 is 23.2 Å². The lowest BCUT2D eigenvalue weighted by Crippen LogP contribution is -2.40. The number of amides is 1. The van der Waals surface area contributed by atoms with E-state index in [-0.39, 0.29) is 12.0 Å². The third-order valence-electron chi connectivity index (χ3n) is 6.60. The van der Waals surface area contributed by atoms with Crippen LogP contribution in [-0.4, -0.2) is 56.3 Å². The predicted octanol–water partition coefficient (Wildman–Crippen LogP) is 4.62. The lowest BCUT2D eigenvalue weighted by molar-refractivity contribution is -0.129. The van der Waals surface area contributed by atoms with Gasteiger partial charge in [-0.15, -0.1) is 0 Å². The molecule has 1 fully saturated rings. The Hall–Kier alpha value is -2.84. The molecule has 3 aromatic rings. The molecular weight excluding hydrogens is 487 g/mol. The summed E-state index contributed by atoms with van der Waals surface area (Å²) >= 11 is 12.4. The third-order valence-corrected chi connectivity index (χ3v) is 7.14. The van der Waals surface area contributed by atoms with Crippen molar-refractivity contribution in [3.8, 4) is 17.0 Å². The van der Waals surface area contributed by atoms with Gasteiger partial charge in [0.2, 0.25) is 5.91 Å². The van der Waals surface area contributed by atoms with Crippen molar-refractivity contribution in [1.29, 1.82) is 0 Å². The van der Waals surface area contributed by atoms with Crippen LogP contribution in [0.4, 0.5) is 5.82 Å². The van der Waals surface area contributed by atoms with Gasteiger partial charge in [-0.05, 0) is 19.1 Å². The van der Waals surface area contributed by atoms with Crippen LogP contribution in [0.25, 0.3) is 11.3 Å². The highest BCUT2D eigenvalue weighted by molar-refractivity contribution is 6.34. The summed E-state index contributed by atoms with van der Waals surface area (Å²) in [7, 11) is 0. The second-order valence-electron chi connectivity index (χ2n) is 8.94. The molecule has 1 saturated heterocycles. The number of hydrogen-bond donors (Lipinski definition) is 0. The van der Waals surface area contributed by atoms with Crippen molar-refractivity contribution in [1.82, 2.24) is 24.6 Å². The summed E-state index contributed by atoms with van der Waals surface area (Å²) in [5.74, 6) is 1.55. The zero-order chi connectivity index (χ0) is 24.5. The van der Waals surface area contributed by atoms with Gasteiger partial charge in [-0.1, -0.05) is 23.2 Å². The number of aromatic nitrogens is 4. The fourth-order valence-electron chi connectivity index (χ4n) is 4.60. The molecule has 1 amide bonds. The minimum Gasteiger partial charge on any atom is -0.489 e. The van der Waals surface area contributed by atoms with Crippen molar-refractivity contribution in [3.63, 3.8) is 0 Å². The van der Waals surface area contributed by atoms with Gasteiger partial charge in [0.15, 0.2) is 5.82 Å². The lowest BCUT2D eigenvalue weighted by atomic mass is 10.1. The topological polar surface area (TPSA) is 76.4 Å². The Labute approximate surface area is 214 Å². The van der Waals surface area contributed by atoms with Crippen molar-refractivity contribution < 1.29 is 9.53 Å². The Balaban J connectivity index is 1.40. The average Bonchev–Trinajstić information content (AvgIpc) is 3.35. The Morgan fingerprint density at radius 1 is 1.14 bits per heavy atom. The van der Waals surface area contributed by atoms with Gasteiger partial charge in [-0.2, -0.15) is 5.10 Å². The van der Waals surface area contributed by atoms with E-state index in [1.54, 1.807) is 25.1 Å². The summed E-state index contributed by atoms with van der Waals surface area (Å²) in [5, 5.41) is 5.62. The van der Waals surface area contributed by atoms with E-state index in [0.717, 1.165) is 60.9 Å². The smallest absolute Gasteiger partial charge is 0.219 e. The summed E-state index contributed by atoms with van der Waals surface area (Å²) in [6.07, 6.45) is 6.24. The normalized spacial score (nSPS) is 16.3. The molecule has 35 heavy (non-hydrogen) atoms. The molecule has 0 spiro atoms. The van der Waals surface area contributed by atoms with Gasteiger partial charge in [0.05, 0.1) is 29.2 Å². The number of anilines is 1. The standard InChI is InChI=1S/C25H28Cl2N6O2/c1-3-33-14-17(13-28-33)24-25(30-21-8-11-32(16(2)34)15-22(21)29-24)31-9-6-19(7-10-31)35-23-12-18(26)4-5-20(23)27/h4-5,12-14,19H,3,6-11,15H2,1-2H3. The molecule has 2 aliphatic heterocycles. The monoisotopic (exact) mass is 514 g/mol. The SMILES string of the molecule is CCn1cc(-c2nc3c(nc2N2CCC(Oc4cc(Cl)ccc4Cl)CC2)CCN(C(C)=O)C3)cn1. The number of fused-ring (bicyclic) bond motifs is 1. The fourth-order valence-corrected chi connectivity index (χ4v) is 4.92. The molecule has 0 atom stereocenters. The molecule has 4 heterocycles. The van der Waals surface area contributed by atoms with Crippen LogP contribution in [0.2, 0.25) is 10.0 Å². The highest BCUT2D eigenvalue weighted by Gasteiger charge is 2.29. The molecule has 2 aliphatic rings. The highest BCUT2D eigenvalue weighted by Crippen LogP contribution is 2.34. The first-order valence-corrected chi connectivity index (χ1v) is 12.7. The molecule has 0 bridgehead atoms. The van der Waals surface area contributed by atoms with E-state index in [2.05, 4.69) is 16.9 Å². The first kappa shape index (κ1) is 23.9. The molecule has 2 aromatic heterocycles. The molecule has 8 nitrogen and oxygen atoms in total. The number of nitrogens with zero attached hydrogens (tertiary/aromatic N) is 6. The number of rotatable bonds is 5. The number of aryl methyl sites for hydroxylation is 1. The van der Waals surface area contributed by atoms with Gasteiger partial charge in [0, 0.05) is 75.2 Å². The Bertz CT molecular complexity index is 1240. The summed E-state index contributed by atoms with van der Waals surface area (Å²) in [6, 6.07) is 5.28. The summed E-state index contributed by atoms with van der Waals surface area (Å²) in [5.41, 5.74) is 3.57. The number of piperidine rings is 1. The van der Waals surface area contributed by atoms with Crippen molar-refractivity contribution >= 4 is 34.9 Å². The van der Waals surface area contributed by atoms with Gasteiger partial charge in [0.1, 0.15) is 17.5 Å². The van der Waals surface area contributed by atoms with E-state index < -0.39 is 0 Å². The maximum absolute atomic E-state index is 12.0. The van der Waals surface area contributed by atoms with Crippen LogP contribution in [0.5, 0.6) is 5.75 Å². The maximum Gasteiger partial charge on any atom is 0.219 e. The van der Waals surface area contributed by atoms with E-state index in [9.17, 15) is 4.79 Å². The van der Waals surface area contributed by atoms with Gasteiger partial charge in [0.25, 0.3) is 0 Å². The molecule has 0 N–H and O–H groups in total. The van der Waals surface area contributed by atoms with Crippen LogP contribution in [0, 0.1) is 0 Å². The van der Waals surface area contributed by atoms with Crippen molar-refractivity contribution in [3.05, 3.63) is 52.0 Å². The molecule has 0 unspecified atom stereocenters. The van der Waals surface area contributed by atoms with Gasteiger partial charge in [-0.25, -0.2) is 9.97 Å². The highest BCUT2D eigenvalue weighted by atomic mass is 35.5. The van der Waals surface area contributed by atoms with E-state index in [1.165, 1.54) is 0 Å². The second-order valence-corrected chi connectivity index (χ2v) is 9.79. The average molecular weight is 515 g/mol. The van der Waals surface area contributed by atoms with Gasteiger partial charge < -0.3 is 14.5 Å². The quantitative estimate of drug-likeness (QED) is 0.494. The van der Waals surface area contributed by atoms with Crippen LogP contribution in [0.3, 0.4) is 0 Å². The van der Waals surface area contributed by atoms with E-state index in [0.29, 0.717) is 35.3 Å². The molecule has 5 rings (SSSR count). The lowest BCUT2D eigenvalue weighted by Gasteiger charge is -2.35. The number of carbonyl (C=O) groups is 1. The van der Waals surface area contributed by atoms with E-state index in [1.807, 2.05) is 22.0 Å². The zero-order valence-electron chi connectivity index (χ0n) is 19.9. The Morgan fingerprint density at radius 2 is 1.94 bits per heavy atom. The first-order chi connectivity index (χ1) is 16.9. The molecule has 0 radical (unpaired) electrons. The number of hydrogen-bond acceptors (Lipinski definition) is 6. The number of benzene rings is 1. The maximum atomic E-state index is 12.0. The minimum absolute atomic E-state index is 0.0446. The minimum atomic E-state index is 0.0446. The molecule has 0 saturated carbocycles. The molecule has 184 valence electrons. The largest absolute Gasteiger partial charge is 0.489 e. The Morgan fingerprint density at radius 3 is 2.66 bits per heavy atom. The second kappa shape index (κ2) is 10.0. The third kappa shape index (κ3) is 5.09. The summed E-state index contributed by atoms with van der Waals surface area (Å²) < 4.78 is 8.06. The van der Waals surface area contributed by atoms with E-state index in [4.69, 9.17) is 37.9 Å². The molecule has 1 aromatic carbocycles. The van der Waals surface area contributed by atoms with Crippen LogP contribution < -0.4 is 9.64 Å². The molecular formula is C25H28Cl2N6O2.